The van der Waals surface area contributed by atoms with Crippen LogP contribution < -0.4 is 4.90 Å². The largest absolute Gasteiger partial charge is 0.356 e. The number of aromatic nitrogens is 1. The molecule has 2 aromatic rings. The van der Waals surface area contributed by atoms with Crippen LogP contribution in [0.3, 0.4) is 0 Å². The summed E-state index contributed by atoms with van der Waals surface area (Å²) in [7, 11) is 0. The molecule has 1 saturated heterocycles. The molecule has 3 heteroatoms. The molecule has 1 aliphatic heterocycles. The zero-order valence-electron chi connectivity index (χ0n) is 12.0. The molecule has 1 aromatic carbocycles. The van der Waals surface area contributed by atoms with Crippen LogP contribution in [0.15, 0.2) is 30.3 Å². The molecule has 1 unspecified atom stereocenters. The zero-order chi connectivity index (χ0) is 13.9. The summed E-state index contributed by atoms with van der Waals surface area (Å²) < 4.78 is 0. The van der Waals surface area contributed by atoms with Crippen molar-refractivity contribution in [2.24, 2.45) is 5.92 Å². The second-order valence-electron chi connectivity index (χ2n) is 5.82. The second-order valence-corrected chi connectivity index (χ2v) is 6.09. The Hall–Kier alpha value is -1.28. The Kier molecular flexibility index (Phi) is 4.11. The van der Waals surface area contributed by atoms with Crippen molar-refractivity contribution in [1.29, 1.82) is 0 Å². The Morgan fingerprint density at radius 3 is 2.95 bits per heavy atom. The van der Waals surface area contributed by atoms with Crippen molar-refractivity contribution in [1.82, 2.24) is 4.98 Å². The highest BCUT2D eigenvalue weighted by atomic mass is 35.5. The number of anilines is 1. The summed E-state index contributed by atoms with van der Waals surface area (Å²) in [5, 5.41) is 1.18. The first kappa shape index (κ1) is 13.7. The SMILES string of the molecule is CC1CCCN(c2nc3ccccc3cc2CCl)CC1. The van der Waals surface area contributed by atoms with Gasteiger partial charge in [-0.1, -0.05) is 25.1 Å². The highest BCUT2D eigenvalue weighted by Crippen LogP contribution is 2.28. The highest BCUT2D eigenvalue weighted by Gasteiger charge is 2.18. The highest BCUT2D eigenvalue weighted by molar-refractivity contribution is 6.17. The molecule has 1 atom stereocenters. The van der Waals surface area contributed by atoms with E-state index in [9.17, 15) is 0 Å². The number of alkyl halides is 1. The summed E-state index contributed by atoms with van der Waals surface area (Å²) in [4.78, 5) is 7.30. The monoisotopic (exact) mass is 288 g/mol. The Morgan fingerprint density at radius 1 is 1.25 bits per heavy atom. The van der Waals surface area contributed by atoms with Gasteiger partial charge in [0.2, 0.25) is 0 Å². The van der Waals surface area contributed by atoms with Crippen molar-refractivity contribution in [3.8, 4) is 0 Å². The topological polar surface area (TPSA) is 16.1 Å². The first-order valence-electron chi connectivity index (χ1n) is 7.47. The molecule has 0 radical (unpaired) electrons. The van der Waals surface area contributed by atoms with Crippen LogP contribution in [0, 0.1) is 5.92 Å². The number of pyridine rings is 1. The molecule has 1 aromatic heterocycles. The maximum absolute atomic E-state index is 6.15. The van der Waals surface area contributed by atoms with Crippen LogP contribution in [-0.2, 0) is 5.88 Å². The van der Waals surface area contributed by atoms with Crippen molar-refractivity contribution < 1.29 is 0 Å². The molecule has 20 heavy (non-hydrogen) atoms. The molecule has 1 aliphatic rings. The van der Waals surface area contributed by atoms with Gasteiger partial charge in [0.1, 0.15) is 5.82 Å². The van der Waals surface area contributed by atoms with Gasteiger partial charge >= 0.3 is 0 Å². The number of para-hydroxylation sites is 1. The van der Waals surface area contributed by atoms with Crippen molar-refractivity contribution >= 4 is 28.3 Å². The van der Waals surface area contributed by atoms with Gasteiger partial charge in [0.05, 0.1) is 11.4 Å². The van der Waals surface area contributed by atoms with E-state index in [1.807, 2.05) is 6.07 Å². The van der Waals surface area contributed by atoms with Gasteiger partial charge in [0.15, 0.2) is 0 Å². The summed E-state index contributed by atoms with van der Waals surface area (Å²) in [6, 6.07) is 10.5. The van der Waals surface area contributed by atoms with E-state index in [0.29, 0.717) is 5.88 Å². The minimum Gasteiger partial charge on any atom is -0.356 e. The van der Waals surface area contributed by atoms with Crippen LogP contribution in [0.5, 0.6) is 0 Å². The smallest absolute Gasteiger partial charge is 0.133 e. The molecule has 2 nitrogen and oxygen atoms in total. The van der Waals surface area contributed by atoms with Crippen molar-refractivity contribution in [3.63, 3.8) is 0 Å². The molecule has 0 bridgehead atoms. The number of rotatable bonds is 2. The third-order valence-electron chi connectivity index (χ3n) is 4.24. The molecular weight excluding hydrogens is 268 g/mol. The van der Waals surface area contributed by atoms with Crippen LogP contribution in [0.1, 0.15) is 31.7 Å². The van der Waals surface area contributed by atoms with E-state index in [2.05, 4.69) is 36.1 Å². The number of hydrogen-bond acceptors (Lipinski definition) is 2. The van der Waals surface area contributed by atoms with Gasteiger partial charge < -0.3 is 4.90 Å². The molecule has 0 saturated carbocycles. The Morgan fingerprint density at radius 2 is 2.10 bits per heavy atom. The van der Waals surface area contributed by atoms with Crippen molar-refractivity contribution in [3.05, 3.63) is 35.9 Å². The Balaban J connectivity index is 2.00. The van der Waals surface area contributed by atoms with Crippen molar-refractivity contribution in [2.45, 2.75) is 32.1 Å². The Bertz CT molecular complexity index is 597. The van der Waals surface area contributed by atoms with Crippen LogP contribution in [0.25, 0.3) is 10.9 Å². The van der Waals surface area contributed by atoms with Crippen LogP contribution in [0.4, 0.5) is 5.82 Å². The average Bonchev–Trinajstić information content (AvgIpc) is 2.70. The standard InChI is InChI=1S/C17H21ClN2/c1-13-5-4-9-20(10-8-13)17-15(12-18)11-14-6-2-3-7-16(14)19-17/h2-3,6-7,11,13H,4-5,8-10,12H2,1H3. The minimum atomic E-state index is 0.527. The number of benzene rings is 1. The molecule has 2 heterocycles. The van der Waals surface area contributed by atoms with E-state index in [1.165, 1.54) is 24.6 Å². The maximum Gasteiger partial charge on any atom is 0.133 e. The normalized spacial score (nSPS) is 20.1. The minimum absolute atomic E-state index is 0.527. The Labute approximate surface area is 125 Å². The first-order valence-corrected chi connectivity index (χ1v) is 8.01. The predicted octanol–water partition coefficient (Wildman–Crippen LogP) is 4.60. The summed E-state index contributed by atoms with van der Waals surface area (Å²) in [5.41, 5.74) is 2.22. The number of hydrogen-bond donors (Lipinski definition) is 0. The van der Waals surface area contributed by atoms with Crippen LogP contribution in [0.2, 0.25) is 0 Å². The van der Waals surface area contributed by atoms with E-state index in [4.69, 9.17) is 16.6 Å². The van der Waals surface area contributed by atoms with Crippen LogP contribution >= 0.6 is 11.6 Å². The quantitative estimate of drug-likeness (QED) is 0.751. The third kappa shape index (κ3) is 2.76. The molecule has 0 amide bonds. The summed E-state index contributed by atoms with van der Waals surface area (Å²) in [6.45, 7) is 4.54. The molecule has 0 aliphatic carbocycles. The second kappa shape index (κ2) is 6.01. The lowest BCUT2D eigenvalue weighted by molar-refractivity contribution is 0.521. The molecule has 1 fully saturated rings. The van der Waals surface area contributed by atoms with E-state index in [0.717, 1.165) is 35.9 Å². The lowest BCUT2D eigenvalue weighted by Gasteiger charge is -2.24. The van der Waals surface area contributed by atoms with Crippen LogP contribution in [-0.4, -0.2) is 18.1 Å². The lowest BCUT2D eigenvalue weighted by atomic mass is 10.0. The van der Waals surface area contributed by atoms with E-state index in [1.54, 1.807) is 0 Å². The maximum atomic E-state index is 6.15. The predicted molar refractivity (Wildman–Crippen MR) is 86.5 cm³/mol. The molecule has 106 valence electrons. The van der Waals surface area contributed by atoms with Crippen molar-refractivity contribution in [2.75, 3.05) is 18.0 Å². The molecule has 0 spiro atoms. The molecule has 0 N–H and O–H groups in total. The zero-order valence-corrected chi connectivity index (χ0v) is 12.7. The average molecular weight is 289 g/mol. The van der Waals surface area contributed by atoms with Gasteiger partial charge in [-0.3, -0.25) is 0 Å². The van der Waals surface area contributed by atoms with Gasteiger partial charge in [-0.25, -0.2) is 4.98 Å². The summed E-state index contributed by atoms with van der Waals surface area (Å²) in [6.07, 6.45) is 3.81. The van der Waals surface area contributed by atoms with Gasteiger partial charge in [0.25, 0.3) is 0 Å². The number of halogens is 1. The van der Waals surface area contributed by atoms with E-state index < -0.39 is 0 Å². The third-order valence-corrected chi connectivity index (χ3v) is 4.53. The fraction of sp³-hybridized carbons (Fsp3) is 0.471. The summed E-state index contributed by atoms with van der Waals surface area (Å²) >= 11 is 6.15. The summed E-state index contributed by atoms with van der Waals surface area (Å²) in [5.74, 6) is 2.44. The first-order chi connectivity index (χ1) is 9.78. The van der Waals surface area contributed by atoms with E-state index >= 15 is 0 Å². The molecule has 3 rings (SSSR count). The van der Waals surface area contributed by atoms with Gasteiger partial charge in [0, 0.05) is 24.0 Å². The van der Waals surface area contributed by atoms with Gasteiger partial charge in [-0.15, -0.1) is 11.6 Å². The van der Waals surface area contributed by atoms with Gasteiger partial charge in [-0.05, 0) is 37.3 Å². The number of nitrogens with zero attached hydrogens (tertiary/aromatic N) is 2. The fourth-order valence-corrected chi connectivity index (χ4v) is 3.19. The van der Waals surface area contributed by atoms with E-state index in [-0.39, 0.29) is 0 Å². The number of fused-ring (bicyclic) bond motifs is 1. The molecular formula is C17H21ClN2. The fourth-order valence-electron chi connectivity index (χ4n) is 3.00. The lowest BCUT2D eigenvalue weighted by Crippen LogP contribution is -2.26. The van der Waals surface area contributed by atoms with Gasteiger partial charge in [-0.2, -0.15) is 0 Å².